The van der Waals surface area contributed by atoms with Gasteiger partial charge in [0.25, 0.3) is 0 Å². The minimum atomic E-state index is 0.349. The number of pyridine rings is 1. The van der Waals surface area contributed by atoms with Crippen LogP contribution in [0.1, 0.15) is 17.5 Å². The van der Waals surface area contributed by atoms with Crippen LogP contribution in [0.25, 0.3) is 4.85 Å². The van der Waals surface area contributed by atoms with E-state index in [1.807, 2.05) is 18.2 Å². The number of rotatable bonds is 10. The summed E-state index contributed by atoms with van der Waals surface area (Å²) < 4.78 is 11.7. The lowest BCUT2D eigenvalue weighted by molar-refractivity contribution is 0.300. The van der Waals surface area contributed by atoms with E-state index in [9.17, 15) is 0 Å². The zero-order valence-corrected chi connectivity index (χ0v) is 16.0. The molecule has 1 aliphatic rings. The zero-order valence-electron chi connectivity index (χ0n) is 16.0. The van der Waals surface area contributed by atoms with Crippen LogP contribution >= 0.6 is 0 Å². The largest absolute Gasteiger partial charge is 0.489 e. The lowest BCUT2D eigenvalue weighted by Crippen LogP contribution is -2.24. The fourth-order valence-corrected chi connectivity index (χ4v) is 3.14. The third-order valence-electron chi connectivity index (χ3n) is 4.55. The van der Waals surface area contributed by atoms with Crippen LogP contribution in [0.5, 0.6) is 11.5 Å². The molecular weight excluding hydrogens is 352 g/mol. The Hall–Kier alpha value is -2.88. The van der Waals surface area contributed by atoms with Gasteiger partial charge in [-0.25, -0.2) is 4.85 Å². The van der Waals surface area contributed by atoms with Crippen LogP contribution in [0.15, 0.2) is 49.3 Å². The standard InChI is InChI=1S/C22H26N4O2/c1-3-6-27-21-8-18(13-25-12-17-4-5-24-11-17)9-22(10-21)28-16-19-7-20(23-2)15-26-14-19/h3,7-10,14-15,17,24-25H,1,4-6,11-13,16H2. The van der Waals surface area contributed by atoms with E-state index in [1.165, 1.54) is 6.42 Å². The Labute approximate surface area is 166 Å². The molecule has 2 heterocycles. The van der Waals surface area contributed by atoms with Crippen molar-refractivity contribution in [3.05, 3.63) is 71.9 Å². The first-order valence-corrected chi connectivity index (χ1v) is 9.50. The molecule has 1 saturated heterocycles. The van der Waals surface area contributed by atoms with Gasteiger partial charge in [0, 0.05) is 25.0 Å². The maximum Gasteiger partial charge on any atom is 0.205 e. The number of benzene rings is 1. The lowest BCUT2D eigenvalue weighted by atomic mass is 10.1. The van der Waals surface area contributed by atoms with Gasteiger partial charge in [-0.15, -0.1) is 0 Å². The summed E-state index contributed by atoms with van der Waals surface area (Å²) in [5.74, 6) is 2.18. The molecule has 0 spiro atoms. The third-order valence-corrected chi connectivity index (χ3v) is 4.55. The summed E-state index contributed by atoms with van der Waals surface area (Å²) in [7, 11) is 0. The van der Waals surface area contributed by atoms with Gasteiger partial charge in [0.15, 0.2) is 0 Å². The summed E-state index contributed by atoms with van der Waals surface area (Å²) in [6, 6.07) is 7.71. The smallest absolute Gasteiger partial charge is 0.205 e. The second-order valence-corrected chi connectivity index (χ2v) is 6.85. The number of nitrogens with zero attached hydrogens (tertiary/aromatic N) is 2. The molecule has 1 unspecified atom stereocenters. The molecule has 3 rings (SSSR count). The lowest BCUT2D eigenvalue weighted by Gasteiger charge is -2.14. The fourth-order valence-electron chi connectivity index (χ4n) is 3.14. The molecule has 6 nitrogen and oxygen atoms in total. The second kappa shape index (κ2) is 10.5. The molecule has 1 aromatic carbocycles. The van der Waals surface area contributed by atoms with E-state index in [-0.39, 0.29) is 0 Å². The van der Waals surface area contributed by atoms with Crippen molar-refractivity contribution in [1.82, 2.24) is 15.6 Å². The van der Waals surface area contributed by atoms with Crippen LogP contribution in [0.3, 0.4) is 0 Å². The van der Waals surface area contributed by atoms with Gasteiger partial charge in [0.1, 0.15) is 24.7 Å². The van der Waals surface area contributed by atoms with Gasteiger partial charge in [0.2, 0.25) is 5.69 Å². The molecule has 1 fully saturated rings. The van der Waals surface area contributed by atoms with Gasteiger partial charge in [-0.05, 0) is 61.3 Å². The second-order valence-electron chi connectivity index (χ2n) is 6.85. The van der Waals surface area contributed by atoms with Crippen LogP contribution in [0.2, 0.25) is 0 Å². The predicted octanol–water partition coefficient (Wildman–Crippen LogP) is 3.48. The topological polar surface area (TPSA) is 59.8 Å². The number of hydrogen-bond acceptors (Lipinski definition) is 5. The SMILES string of the molecule is [C-]#[N+]c1cncc(COc2cc(CNCC3CCNC3)cc(OCC=C)c2)c1. The van der Waals surface area contributed by atoms with Crippen LogP contribution < -0.4 is 20.1 Å². The number of aromatic nitrogens is 1. The molecule has 6 heteroatoms. The zero-order chi connectivity index (χ0) is 19.6. The van der Waals surface area contributed by atoms with Crippen molar-refractivity contribution in [1.29, 1.82) is 0 Å². The molecule has 1 atom stereocenters. The Morgan fingerprint density at radius 1 is 1.21 bits per heavy atom. The molecule has 2 N–H and O–H groups in total. The summed E-state index contributed by atoms with van der Waals surface area (Å²) in [5.41, 5.74) is 2.48. The Morgan fingerprint density at radius 3 is 2.82 bits per heavy atom. The summed E-state index contributed by atoms with van der Waals surface area (Å²) in [4.78, 5) is 7.48. The summed E-state index contributed by atoms with van der Waals surface area (Å²) in [5, 5.41) is 6.92. The quantitative estimate of drug-likeness (QED) is 0.490. The maximum atomic E-state index is 7.09. The van der Waals surface area contributed by atoms with Crippen LogP contribution in [-0.4, -0.2) is 31.2 Å². The highest BCUT2D eigenvalue weighted by atomic mass is 16.5. The number of ether oxygens (including phenoxy) is 2. The van der Waals surface area contributed by atoms with Gasteiger partial charge in [-0.3, -0.25) is 4.98 Å². The molecule has 28 heavy (non-hydrogen) atoms. The predicted molar refractivity (Wildman–Crippen MR) is 110 cm³/mol. The van der Waals surface area contributed by atoms with Crippen molar-refractivity contribution < 1.29 is 9.47 Å². The minimum absolute atomic E-state index is 0.349. The van der Waals surface area contributed by atoms with E-state index in [2.05, 4.69) is 27.0 Å². The van der Waals surface area contributed by atoms with Gasteiger partial charge in [-0.2, -0.15) is 0 Å². The Balaban J connectivity index is 1.63. The van der Waals surface area contributed by atoms with Crippen LogP contribution in [0.4, 0.5) is 5.69 Å². The van der Waals surface area contributed by atoms with E-state index in [4.69, 9.17) is 16.0 Å². The molecule has 0 radical (unpaired) electrons. The summed E-state index contributed by atoms with van der Waals surface area (Å²) in [6.07, 6.45) is 6.20. The van der Waals surface area contributed by atoms with E-state index in [0.29, 0.717) is 24.8 Å². The molecule has 0 amide bonds. The van der Waals surface area contributed by atoms with Crippen molar-refractivity contribution in [3.8, 4) is 11.5 Å². The monoisotopic (exact) mass is 378 g/mol. The van der Waals surface area contributed by atoms with E-state index < -0.39 is 0 Å². The van der Waals surface area contributed by atoms with Crippen molar-refractivity contribution in [2.75, 3.05) is 26.2 Å². The van der Waals surface area contributed by atoms with Gasteiger partial charge >= 0.3 is 0 Å². The highest BCUT2D eigenvalue weighted by Gasteiger charge is 2.13. The summed E-state index contributed by atoms with van der Waals surface area (Å²) in [6.45, 7) is 15.5. The highest BCUT2D eigenvalue weighted by Crippen LogP contribution is 2.24. The van der Waals surface area contributed by atoms with E-state index in [0.717, 1.165) is 48.8 Å². The first-order valence-electron chi connectivity index (χ1n) is 9.50. The molecule has 146 valence electrons. The van der Waals surface area contributed by atoms with E-state index in [1.54, 1.807) is 24.5 Å². The number of nitrogens with one attached hydrogen (secondary N) is 2. The molecule has 0 bridgehead atoms. The van der Waals surface area contributed by atoms with Crippen molar-refractivity contribution in [3.63, 3.8) is 0 Å². The molecule has 1 aromatic heterocycles. The molecule has 0 aliphatic carbocycles. The van der Waals surface area contributed by atoms with Crippen LogP contribution in [0, 0.1) is 12.5 Å². The minimum Gasteiger partial charge on any atom is -0.489 e. The van der Waals surface area contributed by atoms with Gasteiger partial charge < -0.3 is 20.1 Å². The van der Waals surface area contributed by atoms with Gasteiger partial charge in [0.05, 0.1) is 6.57 Å². The molecule has 2 aromatic rings. The Kier molecular flexibility index (Phi) is 7.42. The van der Waals surface area contributed by atoms with Gasteiger partial charge in [-0.1, -0.05) is 12.7 Å². The normalized spacial score (nSPS) is 15.8. The Bertz CT molecular complexity index is 826. The highest BCUT2D eigenvalue weighted by molar-refractivity contribution is 5.44. The average molecular weight is 378 g/mol. The molecule has 1 aliphatic heterocycles. The molecular formula is C22H26N4O2. The van der Waals surface area contributed by atoms with Crippen molar-refractivity contribution >= 4 is 5.69 Å². The third kappa shape index (κ3) is 6.08. The van der Waals surface area contributed by atoms with E-state index >= 15 is 0 Å². The first kappa shape index (κ1) is 19.9. The van der Waals surface area contributed by atoms with Crippen molar-refractivity contribution in [2.45, 2.75) is 19.6 Å². The average Bonchev–Trinajstić information content (AvgIpc) is 3.24. The Morgan fingerprint density at radius 2 is 2.07 bits per heavy atom. The number of hydrogen-bond donors (Lipinski definition) is 2. The maximum absolute atomic E-state index is 7.09. The fraction of sp³-hybridized carbons (Fsp3) is 0.364. The van der Waals surface area contributed by atoms with Crippen molar-refractivity contribution in [2.24, 2.45) is 5.92 Å². The summed E-state index contributed by atoms with van der Waals surface area (Å²) >= 11 is 0. The first-order chi connectivity index (χ1) is 13.8. The van der Waals surface area contributed by atoms with Crippen LogP contribution in [-0.2, 0) is 13.2 Å². The molecule has 0 saturated carbocycles.